The fourth-order valence-corrected chi connectivity index (χ4v) is 3.47. The zero-order valence-electron chi connectivity index (χ0n) is 16.4. The van der Waals surface area contributed by atoms with Gasteiger partial charge in [-0.1, -0.05) is 11.6 Å². The summed E-state index contributed by atoms with van der Waals surface area (Å²) in [6, 6.07) is 4.59. The summed E-state index contributed by atoms with van der Waals surface area (Å²) in [5, 5.41) is 2.14. The first-order valence-corrected chi connectivity index (χ1v) is 10.3. The van der Waals surface area contributed by atoms with Gasteiger partial charge in [-0.3, -0.25) is 9.59 Å². The fourth-order valence-electron chi connectivity index (χ4n) is 2.41. The number of primary amides is 1. The highest BCUT2D eigenvalue weighted by Gasteiger charge is 2.47. The number of alkyl halides is 3. The van der Waals surface area contributed by atoms with E-state index in [9.17, 15) is 31.2 Å². The van der Waals surface area contributed by atoms with Gasteiger partial charge in [0.05, 0.1) is 29.8 Å². The lowest BCUT2D eigenvalue weighted by Gasteiger charge is -2.15. The molecular weight excluding hydrogens is 481 g/mol. The fraction of sp³-hybridized carbons (Fsp3) is 0.222. The molecule has 2 rings (SSSR count). The third kappa shape index (κ3) is 5.34. The van der Waals surface area contributed by atoms with Crippen LogP contribution in [-0.2, 0) is 14.6 Å². The molecule has 2 amide bonds. The first-order chi connectivity index (χ1) is 14.8. The van der Waals surface area contributed by atoms with Crippen LogP contribution in [0.15, 0.2) is 35.2 Å². The molecule has 0 aliphatic carbocycles. The highest BCUT2D eigenvalue weighted by Crippen LogP contribution is 2.38. The summed E-state index contributed by atoms with van der Waals surface area (Å²) >= 11 is 6.07. The van der Waals surface area contributed by atoms with E-state index in [0.717, 1.165) is 12.1 Å². The first-order valence-electron chi connectivity index (χ1n) is 8.41. The Bertz CT molecular complexity index is 1150. The molecule has 2 aromatic carbocycles. The summed E-state index contributed by atoms with van der Waals surface area (Å²) in [5.41, 5.74) is -0.993. The largest absolute Gasteiger partial charge is 0.501 e. The van der Waals surface area contributed by atoms with Crippen LogP contribution in [0, 0.1) is 0 Å². The molecule has 3 N–H and O–H groups in total. The van der Waals surface area contributed by atoms with Crippen molar-refractivity contribution in [1.29, 1.82) is 0 Å². The number of hydrogen-bond donors (Lipinski definition) is 2. The topological polar surface area (TPSA) is 134 Å². The van der Waals surface area contributed by atoms with Crippen LogP contribution < -0.4 is 25.3 Å². The second kappa shape index (κ2) is 9.53. The Hall–Kier alpha value is -3.19. The van der Waals surface area contributed by atoms with Gasteiger partial charge in [0, 0.05) is 5.56 Å². The average molecular weight is 497 g/mol. The van der Waals surface area contributed by atoms with Crippen molar-refractivity contribution in [2.24, 2.45) is 5.73 Å². The number of anilines is 1. The molecule has 0 aromatic heterocycles. The predicted octanol–water partition coefficient (Wildman–Crippen LogP) is 2.77. The number of rotatable bonds is 8. The Morgan fingerprint density at radius 3 is 2.25 bits per heavy atom. The average Bonchev–Trinajstić information content (AvgIpc) is 2.71. The molecule has 0 saturated heterocycles. The number of ether oxygens (including phenoxy) is 3. The van der Waals surface area contributed by atoms with Crippen molar-refractivity contribution >= 4 is 38.9 Å². The van der Waals surface area contributed by atoms with Gasteiger partial charge < -0.3 is 25.3 Å². The number of halogens is 4. The molecule has 32 heavy (non-hydrogen) atoms. The second-order valence-corrected chi connectivity index (χ2v) is 8.36. The molecule has 0 radical (unpaired) electrons. The Morgan fingerprint density at radius 2 is 1.72 bits per heavy atom. The van der Waals surface area contributed by atoms with Crippen LogP contribution in [0.1, 0.15) is 10.4 Å². The van der Waals surface area contributed by atoms with Gasteiger partial charge in [-0.25, -0.2) is 8.42 Å². The van der Waals surface area contributed by atoms with E-state index in [2.05, 4.69) is 5.32 Å². The standard InChI is InChI=1S/C18H16ClF3N2O7S/c1-29-13-4-3-10(32(27,28)18(20,21)22)7-12(13)24-17(26)9-5-11(19)16(14(6-9)30-2)31-8-15(23)25/h3-7H,8H2,1-2H3,(H2,23,25)(H,24,26). The summed E-state index contributed by atoms with van der Waals surface area (Å²) in [6.45, 7) is -0.515. The van der Waals surface area contributed by atoms with Gasteiger partial charge in [-0.05, 0) is 30.3 Å². The number of sulfone groups is 1. The summed E-state index contributed by atoms with van der Waals surface area (Å²) in [6.07, 6.45) is 0. The molecule has 0 saturated carbocycles. The van der Waals surface area contributed by atoms with E-state index < -0.39 is 38.7 Å². The molecule has 0 spiro atoms. The molecule has 0 unspecified atom stereocenters. The number of nitrogens with one attached hydrogen (secondary N) is 1. The number of hydrogen-bond acceptors (Lipinski definition) is 7. The number of nitrogens with two attached hydrogens (primary N) is 1. The maximum Gasteiger partial charge on any atom is 0.501 e. The molecule has 0 fully saturated rings. The monoisotopic (exact) mass is 496 g/mol. The number of carbonyl (C=O) groups excluding carboxylic acids is 2. The van der Waals surface area contributed by atoms with Crippen LogP contribution in [0.4, 0.5) is 18.9 Å². The highest BCUT2D eigenvalue weighted by molar-refractivity contribution is 7.92. The molecule has 0 aliphatic rings. The van der Waals surface area contributed by atoms with E-state index in [1.54, 1.807) is 0 Å². The number of amides is 2. The van der Waals surface area contributed by atoms with Crippen molar-refractivity contribution < 1.29 is 45.4 Å². The van der Waals surface area contributed by atoms with Crippen molar-refractivity contribution in [3.63, 3.8) is 0 Å². The molecule has 9 nitrogen and oxygen atoms in total. The minimum atomic E-state index is -5.66. The Kier molecular flexibility index (Phi) is 7.46. The van der Waals surface area contributed by atoms with Crippen LogP contribution in [0.5, 0.6) is 17.2 Å². The van der Waals surface area contributed by atoms with Crippen molar-refractivity contribution in [3.05, 3.63) is 40.9 Å². The van der Waals surface area contributed by atoms with Gasteiger partial charge in [-0.2, -0.15) is 13.2 Å². The van der Waals surface area contributed by atoms with Crippen LogP contribution in [0.25, 0.3) is 0 Å². The molecule has 14 heteroatoms. The molecule has 0 heterocycles. The summed E-state index contributed by atoms with van der Waals surface area (Å²) < 4.78 is 77.1. The Balaban J connectivity index is 2.43. The number of methoxy groups -OCH3 is 2. The van der Waals surface area contributed by atoms with E-state index in [4.69, 9.17) is 31.5 Å². The van der Waals surface area contributed by atoms with Crippen LogP contribution in [0.2, 0.25) is 5.02 Å². The zero-order valence-corrected chi connectivity index (χ0v) is 18.0. The molecule has 174 valence electrons. The van der Waals surface area contributed by atoms with Gasteiger partial charge in [0.25, 0.3) is 21.7 Å². The van der Waals surface area contributed by atoms with Crippen molar-refractivity contribution in [2.45, 2.75) is 10.4 Å². The predicted molar refractivity (Wildman–Crippen MR) is 107 cm³/mol. The van der Waals surface area contributed by atoms with Gasteiger partial charge >= 0.3 is 5.51 Å². The molecular formula is C18H16ClF3N2O7S. The van der Waals surface area contributed by atoms with E-state index in [-0.39, 0.29) is 33.5 Å². The van der Waals surface area contributed by atoms with Crippen molar-refractivity contribution in [2.75, 3.05) is 26.1 Å². The van der Waals surface area contributed by atoms with Gasteiger partial charge in [0.15, 0.2) is 18.1 Å². The minimum Gasteiger partial charge on any atom is -0.495 e. The first kappa shape index (κ1) is 25.1. The van der Waals surface area contributed by atoms with Crippen LogP contribution in [0.3, 0.4) is 0 Å². The third-order valence-corrected chi connectivity index (χ3v) is 5.65. The smallest absolute Gasteiger partial charge is 0.495 e. The van der Waals surface area contributed by atoms with E-state index in [1.165, 1.54) is 20.3 Å². The quantitative estimate of drug-likeness (QED) is 0.574. The molecule has 0 aliphatic heterocycles. The molecule has 0 bridgehead atoms. The van der Waals surface area contributed by atoms with Crippen molar-refractivity contribution in [1.82, 2.24) is 0 Å². The van der Waals surface area contributed by atoms with Gasteiger partial charge in [0.1, 0.15) is 5.75 Å². The van der Waals surface area contributed by atoms with E-state index in [0.29, 0.717) is 12.1 Å². The Morgan fingerprint density at radius 1 is 1.09 bits per heavy atom. The molecule has 2 aromatic rings. The van der Waals surface area contributed by atoms with E-state index in [1.807, 2.05) is 0 Å². The maximum atomic E-state index is 12.9. The van der Waals surface area contributed by atoms with Gasteiger partial charge in [0.2, 0.25) is 0 Å². The number of benzene rings is 2. The Labute approximate surface area is 185 Å². The lowest BCUT2D eigenvalue weighted by molar-refractivity contribution is -0.119. The maximum absolute atomic E-state index is 12.9. The second-order valence-electron chi connectivity index (χ2n) is 6.01. The lowest BCUT2D eigenvalue weighted by Crippen LogP contribution is -2.23. The third-order valence-electron chi connectivity index (χ3n) is 3.88. The normalized spacial score (nSPS) is 11.6. The minimum absolute atomic E-state index is 0.0377. The molecule has 0 atom stereocenters. The number of carbonyl (C=O) groups is 2. The van der Waals surface area contributed by atoms with Gasteiger partial charge in [-0.15, -0.1) is 0 Å². The van der Waals surface area contributed by atoms with Crippen LogP contribution in [-0.4, -0.2) is 46.6 Å². The van der Waals surface area contributed by atoms with E-state index >= 15 is 0 Å². The lowest BCUT2D eigenvalue weighted by atomic mass is 10.1. The zero-order chi connectivity index (χ0) is 24.3. The van der Waals surface area contributed by atoms with Crippen molar-refractivity contribution in [3.8, 4) is 17.2 Å². The SMILES string of the molecule is COc1ccc(S(=O)(=O)C(F)(F)F)cc1NC(=O)c1cc(Cl)c(OCC(N)=O)c(OC)c1. The highest BCUT2D eigenvalue weighted by atomic mass is 35.5. The summed E-state index contributed by atoms with van der Waals surface area (Å²) in [7, 11) is -3.25. The van der Waals surface area contributed by atoms with Crippen LogP contribution >= 0.6 is 11.6 Å². The summed E-state index contributed by atoms with van der Waals surface area (Å²) in [4.78, 5) is 22.5. The summed E-state index contributed by atoms with van der Waals surface area (Å²) in [5.74, 6) is -1.87.